The number of hydrogen-bond donors (Lipinski definition) is 3. The molecule has 9 heteroatoms. The largest absolute Gasteiger partial charge is 0.378 e. The number of hydrogen-bond acceptors (Lipinski definition) is 7. The van der Waals surface area contributed by atoms with Crippen LogP contribution in [0.15, 0.2) is 40.9 Å². The van der Waals surface area contributed by atoms with Crippen LogP contribution in [0.5, 0.6) is 0 Å². The first kappa shape index (κ1) is 23.4. The number of amides is 1. The minimum absolute atomic E-state index is 0.0238. The first-order valence-electron chi connectivity index (χ1n) is 8.38. The third-order valence-electron chi connectivity index (χ3n) is 3.85. The number of alkyl halides is 1. The maximum absolute atomic E-state index is 12.1. The molecule has 1 fully saturated rings. The average molecular weight is 458 g/mol. The van der Waals surface area contributed by atoms with Crippen molar-refractivity contribution in [3.63, 3.8) is 0 Å². The molecule has 148 valence electrons. The van der Waals surface area contributed by atoms with Gasteiger partial charge in [0.15, 0.2) is 11.4 Å². The zero-order valence-electron chi connectivity index (χ0n) is 15.3. The second kappa shape index (κ2) is 11.2. The SMILES string of the molecule is CC.NS.O=C(Cc1cc(-c2ccccc2)no1)N1CC(O)(C(=O)CBr)C1. The number of halogens is 1. The van der Waals surface area contributed by atoms with Gasteiger partial charge < -0.3 is 14.5 Å². The third kappa shape index (κ3) is 5.90. The average Bonchev–Trinajstić information content (AvgIpc) is 3.17. The van der Waals surface area contributed by atoms with Crippen molar-refractivity contribution in [2.75, 3.05) is 18.4 Å². The summed E-state index contributed by atoms with van der Waals surface area (Å²) in [5.41, 5.74) is 0.162. The van der Waals surface area contributed by atoms with Crippen LogP contribution in [0.4, 0.5) is 0 Å². The van der Waals surface area contributed by atoms with Gasteiger partial charge in [0.05, 0.1) is 24.8 Å². The van der Waals surface area contributed by atoms with Crippen molar-refractivity contribution in [2.24, 2.45) is 5.14 Å². The van der Waals surface area contributed by atoms with Crippen molar-refractivity contribution in [3.05, 3.63) is 42.2 Å². The van der Waals surface area contributed by atoms with Crippen LogP contribution in [0.25, 0.3) is 11.3 Å². The lowest BCUT2D eigenvalue weighted by molar-refractivity contribution is -0.164. The molecule has 27 heavy (non-hydrogen) atoms. The van der Waals surface area contributed by atoms with Crippen LogP contribution in [-0.2, 0) is 16.0 Å². The fourth-order valence-corrected chi connectivity index (χ4v) is 2.99. The number of ketones is 1. The summed E-state index contributed by atoms with van der Waals surface area (Å²) >= 11 is 6.05. The molecule has 1 aromatic carbocycles. The summed E-state index contributed by atoms with van der Waals surface area (Å²) in [5, 5.41) is 18.2. The fraction of sp³-hybridized carbons (Fsp3) is 0.389. The molecule has 0 spiro atoms. The Labute approximate surface area is 172 Å². The fourth-order valence-electron chi connectivity index (χ4n) is 2.46. The number of β-amino-alcohol motifs (C(OH)–C–C–N with tert-alkyl or cyclic N) is 1. The van der Waals surface area contributed by atoms with Gasteiger partial charge in [0.1, 0.15) is 11.5 Å². The maximum atomic E-state index is 12.1. The third-order valence-corrected chi connectivity index (χ3v) is 4.36. The number of carbonyl (C=O) groups is 2. The van der Waals surface area contributed by atoms with Crippen molar-refractivity contribution in [1.29, 1.82) is 0 Å². The Kier molecular flexibility index (Phi) is 9.71. The Bertz CT molecular complexity index is 733. The number of aliphatic hydroxyl groups is 1. The van der Waals surface area contributed by atoms with E-state index in [-0.39, 0.29) is 36.5 Å². The molecule has 1 saturated heterocycles. The molecule has 1 amide bonds. The van der Waals surface area contributed by atoms with Crippen LogP contribution in [0.2, 0.25) is 0 Å². The van der Waals surface area contributed by atoms with Crippen molar-refractivity contribution in [1.82, 2.24) is 10.1 Å². The van der Waals surface area contributed by atoms with Crippen molar-refractivity contribution in [2.45, 2.75) is 25.9 Å². The van der Waals surface area contributed by atoms with Gasteiger partial charge in [-0.3, -0.25) is 14.7 Å². The van der Waals surface area contributed by atoms with E-state index < -0.39 is 5.60 Å². The quantitative estimate of drug-likeness (QED) is 0.469. The Morgan fingerprint density at radius 2 is 1.89 bits per heavy atom. The van der Waals surface area contributed by atoms with Gasteiger partial charge in [-0.15, -0.1) is 12.8 Å². The van der Waals surface area contributed by atoms with E-state index in [9.17, 15) is 14.7 Å². The van der Waals surface area contributed by atoms with Gasteiger partial charge in [0.25, 0.3) is 0 Å². The van der Waals surface area contributed by atoms with Gasteiger partial charge in [-0.2, -0.15) is 0 Å². The van der Waals surface area contributed by atoms with Crippen molar-refractivity contribution in [3.8, 4) is 11.3 Å². The van der Waals surface area contributed by atoms with E-state index in [4.69, 9.17) is 4.52 Å². The number of aromatic nitrogens is 1. The Hall–Kier alpha value is -1.68. The highest BCUT2D eigenvalue weighted by atomic mass is 79.9. The minimum Gasteiger partial charge on any atom is -0.378 e. The number of carbonyl (C=O) groups excluding carboxylic acids is 2. The molecule has 2 heterocycles. The number of benzene rings is 1. The van der Waals surface area contributed by atoms with Crippen molar-refractivity contribution < 1.29 is 19.2 Å². The molecular formula is C18H24BrN3O4S. The van der Waals surface area contributed by atoms with Gasteiger partial charge in [-0.05, 0) is 0 Å². The number of Topliss-reactive ketones (excluding diaryl/α,β-unsaturated/α-hetero) is 1. The van der Waals surface area contributed by atoms with Gasteiger partial charge in [-0.1, -0.05) is 65.3 Å². The van der Waals surface area contributed by atoms with E-state index in [0.29, 0.717) is 11.5 Å². The zero-order valence-corrected chi connectivity index (χ0v) is 17.7. The van der Waals surface area contributed by atoms with Gasteiger partial charge >= 0.3 is 0 Å². The maximum Gasteiger partial charge on any atom is 0.230 e. The summed E-state index contributed by atoms with van der Waals surface area (Å²) in [6, 6.07) is 11.2. The van der Waals surface area contributed by atoms with Gasteiger partial charge in [-0.25, -0.2) is 0 Å². The second-order valence-corrected chi connectivity index (χ2v) is 6.12. The number of rotatable bonds is 5. The van der Waals surface area contributed by atoms with Crippen LogP contribution >= 0.6 is 28.7 Å². The molecule has 3 N–H and O–H groups in total. The molecule has 3 rings (SSSR count). The summed E-state index contributed by atoms with van der Waals surface area (Å²) in [6.07, 6.45) is 0.0540. The number of nitrogens with zero attached hydrogens (tertiary/aromatic N) is 2. The molecule has 2 aromatic rings. The molecule has 0 unspecified atom stereocenters. The lowest BCUT2D eigenvalue weighted by Crippen LogP contribution is -2.68. The molecule has 1 aromatic heterocycles. The molecule has 7 nitrogen and oxygen atoms in total. The van der Waals surface area contributed by atoms with Crippen LogP contribution in [0.1, 0.15) is 19.6 Å². The normalized spacial score (nSPS) is 14.1. The summed E-state index contributed by atoms with van der Waals surface area (Å²) in [6.45, 7) is 4.05. The zero-order chi connectivity index (χ0) is 20.4. The number of likely N-dealkylation sites (tertiary alicyclic amines) is 1. The Morgan fingerprint density at radius 3 is 2.44 bits per heavy atom. The van der Waals surface area contributed by atoms with E-state index in [2.05, 4.69) is 39.0 Å². The lowest BCUT2D eigenvalue weighted by Gasteiger charge is -2.44. The molecule has 0 aliphatic carbocycles. The van der Waals surface area contributed by atoms with E-state index >= 15 is 0 Å². The molecule has 1 aliphatic heterocycles. The van der Waals surface area contributed by atoms with E-state index in [0.717, 1.165) is 5.56 Å². The van der Waals surface area contributed by atoms with Gasteiger partial charge in [0.2, 0.25) is 5.91 Å². The second-order valence-electron chi connectivity index (χ2n) is 5.56. The van der Waals surface area contributed by atoms with Crippen molar-refractivity contribution >= 4 is 40.4 Å². The molecule has 0 radical (unpaired) electrons. The highest BCUT2D eigenvalue weighted by Gasteiger charge is 2.48. The van der Waals surface area contributed by atoms with E-state index in [1.54, 1.807) is 6.07 Å². The highest BCUT2D eigenvalue weighted by molar-refractivity contribution is 9.09. The summed E-state index contributed by atoms with van der Waals surface area (Å²) in [7, 11) is 0. The smallest absolute Gasteiger partial charge is 0.230 e. The monoisotopic (exact) mass is 457 g/mol. The molecular weight excluding hydrogens is 434 g/mol. The Balaban J connectivity index is 0.000000855. The van der Waals surface area contributed by atoms with Crippen LogP contribution < -0.4 is 5.14 Å². The van der Waals surface area contributed by atoms with Crippen LogP contribution in [-0.4, -0.2) is 50.9 Å². The molecule has 0 atom stereocenters. The first-order valence-corrected chi connectivity index (χ1v) is 10.0. The number of thiol groups is 1. The predicted molar refractivity (Wildman–Crippen MR) is 110 cm³/mol. The highest BCUT2D eigenvalue weighted by Crippen LogP contribution is 2.24. The minimum atomic E-state index is -1.42. The lowest BCUT2D eigenvalue weighted by atomic mass is 9.90. The topological polar surface area (TPSA) is 110 Å². The molecule has 0 saturated carbocycles. The first-order chi connectivity index (χ1) is 13.0. The summed E-state index contributed by atoms with van der Waals surface area (Å²) in [4.78, 5) is 25.1. The summed E-state index contributed by atoms with van der Waals surface area (Å²) in [5.74, 6) is -0.0588. The van der Waals surface area contributed by atoms with E-state index in [1.807, 2.05) is 44.2 Å². The van der Waals surface area contributed by atoms with Crippen LogP contribution in [0, 0.1) is 0 Å². The number of nitrogens with two attached hydrogens (primary N) is 1. The van der Waals surface area contributed by atoms with E-state index in [1.165, 1.54) is 4.90 Å². The van der Waals surface area contributed by atoms with Crippen LogP contribution in [0.3, 0.4) is 0 Å². The van der Waals surface area contributed by atoms with Gasteiger partial charge in [0, 0.05) is 11.6 Å². The summed E-state index contributed by atoms with van der Waals surface area (Å²) < 4.78 is 5.19. The predicted octanol–water partition coefficient (Wildman–Crippen LogP) is 2.24. The molecule has 0 bridgehead atoms. The molecule has 1 aliphatic rings. The standard InChI is InChI=1S/C16H15BrN2O4.C2H6.H3NS/c17-8-14(20)16(22)9-19(10-16)15(21)7-12-6-13(18-23-12)11-4-2-1-3-5-11;2*1-2/h1-6,22H,7-10H2;1-2H3;2H,1H2. The Morgan fingerprint density at radius 1 is 1.30 bits per heavy atom.